The fraction of sp³-hybridized carbons (Fsp3) is 0.750. The molecule has 1 aliphatic carbocycles. The number of halogens is 3. The Labute approximate surface area is 104 Å². The Bertz CT molecular complexity index is 318. The first-order valence-electron chi connectivity index (χ1n) is 5.78. The largest absolute Gasteiger partial charge is 0.411 e. The van der Waals surface area contributed by atoms with Crippen LogP contribution >= 0.6 is 0 Å². The minimum Gasteiger partial charge on any atom is -0.372 e. The molecule has 102 valence electrons. The van der Waals surface area contributed by atoms with Crippen LogP contribution in [-0.4, -0.2) is 43.3 Å². The van der Waals surface area contributed by atoms with Crippen LogP contribution in [0.1, 0.15) is 19.3 Å². The lowest BCUT2D eigenvalue weighted by Gasteiger charge is -2.20. The van der Waals surface area contributed by atoms with E-state index in [0.29, 0.717) is 12.5 Å². The van der Waals surface area contributed by atoms with Gasteiger partial charge in [0.05, 0.1) is 19.6 Å². The van der Waals surface area contributed by atoms with E-state index < -0.39 is 12.8 Å². The van der Waals surface area contributed by atoms with E-state index >= 15 is 0 Å². The number of ether oxygens (including phenoxy) is 1. The number of hydrogen-bond acceptors (Lipinski definition) is 2. The molecule has 0 atom stereocenters. The molecule has 0 spiro atoms. The summed E-state index contributed by atoms with van der Waals surface area (Å²) in [5, 5.41) is 0. The van der Waals surface area contributed by atoms with Crippen LogP contribution in [0.15, 0.2) is 0 Å². The number of amides is 1. The molecule has 0 aromatic carbocycles. The second kappa shape index (κ2) is 6.64. The molecule has 1 rings (SSSR count). The Balaban J connectivity index is 2.21. The molecule has 0 bridgehead atoms. The lowest BCUT2D eigenvalue weighted by atomic mass is 10.3. The molecule has 1 fully saturated rings. The average Bonchev–Trinajstić information content (AvgIpc) is 3.06. The smallest absolute Gasteiger partial charge is 0.372 e. The Hall–Kier alpha value is -1.22. The summed E-state index contributed by atoms with van der Waals surface area (Å²) < 4.78 is 39.8. The molecule has 1 amide bonds. The SMILES string of the molecule is C#CCN(CC1CC1)C(=O)CCOCC(F)(F)F. The maximum atomic E-state index is 11.8. The van der Waals surface area contributed by atoms with Gasteiger partial charge in [0.25, 0.3) is 0 Å². The Morgan fingerprint density at radius 2 is 2.11 bits per heavy atom. The summed E-state index contributed by atoms with van der Waals surface area (Å²) in [6, 6.07) is 0. The highest BCUT2D eigenvalue weighted by Gasteiger charge is 2.28. The van der Waals surface area contributed by atoms with Gasteiger partial charge in [0.15, 0.2) is 0 Å². The summed E-state index contributed by atoms with van der Waals surface area (Å²) in [5.41, 5.74) is 0. The monoisotopic (exact) mass is 263 g/mol. The quantitative estimate of drug-likeness (QED) is 0.518. The molecule has 1 aliphatic rings. The molecule has 1 saturated carbocycles. The van der Waals surface area contributed by atoms with Gasteiger partial charge in [-0.3, -0.25) is 4.79 Å². The fourth-order valence-corrected chi connectivity index (χ4v) is 1.48. The van der Waals surface area contributed by atoms with Crippen molar-refractivity contribution in [1.82, 2.24) is 4.90 Å². The van der Waals surface area contributed by atoms with Gasteiger partial charge >= 0.3 is 6.18 Å². The van der Waals surface area contributed by atoms with E-state index in [1.54, 1.807) is 0 Å². The molecular weight excluding hydrogens is 247 g/mol. The Morgan fingerprint density at radius 3 is 2.61 bits per heavy atom. The van der Waals surface area contributed by atoms with E-state index in [4.69, 9.17) is 6.42 Å². The van der Waals surface area contributed by atoms with E-state index in [-0.39, 0.29) is 25.5 Å². The van der Waals surface area contributed by atoms with Crippen LogP contribution in [0.25, 0.3) is 0 Å². The number of alkyl halides is 3. The molecular formula is C12H16F3NO2. The van der Waals surface area contributed by atoms with Gasteiger partial charge in [0.2, 0.25) is 5.91 Å². The molecule has 0 aromatic heterocycles. The Kier molecular flexibility index (Phi) is 5.48. The molecule has 6 heteroatoms. The second-order valence-corrected chi connectivity index (χ2v) is 4.34. The zero-order valence-corrected chi connectivity index (χ0v) is 10.0. The summed E-state index contributed by atoms with van der Waals surface area (Å²) in [6.07, 6.45) is 2.90. The number of carbonyl (C=O) groups is 1. The third-order valence-corrected chi connectivity index (χ3v) is 2.54. The van der Waals surface area contributed by atoms with Crippen molar-refractivity contribution in [3.05, 3.63) is 0 Å². The number of nitrogens with zero attached hydrogens (tertiary/aromatic N) is 1. The van der Waals surface area contributed by atoms with E-state index in [0.717, 1.165) is 12.8 Å². The van der Waals surface area contributed by atoms with Crippen molar-refractivity contribution < 1.29 is 22.7 Å². The van der Waals surface area contributed by atoms with Crippen molar-refractivity contribution in [3.8, 4) is 12.3 Å². The first kappa shape index (κ1) is 14.8. The van der Waals surface area contributed by atoms with Crippen LogP contribution in [0.5, 0.6) is 0 Å². The van der Waals surface area contributed by atoms with E-state index in [9.17, 15) is 18.0 Å². The van der Waals surface area contributed by atoms with E-state index in [2.05, 4.69) is 10.7 Å². The van der Waals surface area contributed by atoms with E-state index in [1.165, 1.54) is 4.90 Å². The minimum absolute atomic E-state index is 0.0650. The summed E-state index contributed by atoms with van der Waals surface area (Å²) in [5.74, 6) is 2.63. The van der Waals surface area contributed by atoms with Crippen molar-refractivity contribution >= 4 is 5.91 Å². The van der Waals surface area contributed by atoms with Crippen LogP contribution in [0.4, 0.5) is 13.2 Å². The first-order valence-corrected chi connectivity index (χ1v) is 5.78. The number of hydrogen-bond donors (Lipinski definition) is 0. The lowest BCUT2D eigenvalue weighted by Crippen LogP contribution is -2.34. The highest BCUT2D eigenvalue weighted by atomic mass is 19.4. The minimum atomic E-state index is -4.35. The van der Waals surface area contributed by atoms with Crippen molar-refractivity contribution in [2.24, 2.45) is 5.92 Å². The van der Waals surface area contributed by atoms with Gasteiger partial charge in [0.1, 0.15) is 6.61 Å². The van der Waals surface area contributed by atoms with Gasteiger partial charge in [-0.05, 0) is 18.8 Å². The number of terminal acetylenes is 1. The lowest BCUT2D eigenvalue weighted by molar-refractivity contribution is -0.175. The maximum absolute atomic E-state index is 11.8. The van der Waals surface area contributed by atoms with Gasteiger partial charge < -0.3 is 9.64 Å². The van der Waals surface area contributed by atoms with Crippen molar-refractivity contribution in [1.29, 1.82) is 0 Å². The summed E-state index contributed by atoms with van der Waals surface area (Å²) >= 11 is 0. The second-order valence-electron chi connectivity index (χ2n) is 4.34. The highest BCUT2D eigenvalue weighted by Crippen LogP contribution is 2.29. The molecule has 0 N–H and O–H groups in total. The molecule has 0 aromatic rings. The van der Waals surface area contributed by atoms with Crippen LogP contribution in [-0.2, 0) is 9.53 Å². The predicted molar refractivity (Wildman–Crippen MR) is 59.6 cm³/mol. The van der Waals surface area contributed by atoms with Crippen molar-refractivity contribution in [3.63, 3.8) is 0 Å². The molecule has 0 aliphatic heterocycles. The molecule has 0 saturated heterocycles. The van der Waals surface area contributed by atoms with Crippen LogP contribution in [0.3, 0.4) is 0 Å². The zero-order chi connectivity index (χ0) is 13.6. The highest BCUT2D eigenvalue weighted by molar-refractivity contribution is 5.76. The zero-order valence-electron chi connectivity index (χ0n) is 10.0. The first-order chi connectivity index (χ1) is 8.42. The maximum Gasteiger partial charge on any atom is 0.411 e. The van der Waals surface area contributed by atoms with Crippen LogP contribution < -0.4 is 0 Å². The van der Waals surface area contributed by atoms with Gasteiger partial charge in [-0.2, -0.15) is 13.2 Å². The third kappa shape index (κ3) is 6.50. The summed E-state index contributed by atoms with van der Waals surface area (Å²) in [4.78, 5) is 13.2. The summed E-state index contributed by atoms with van der Waals surface area (Å²) in [6.45, 7) is -0.751. The molecule has 3 nitrogen and oxygen atoms in total. The Morgan fingerprint density at radius 1 is 1.44 bits per heavy atom. The molecule has 18 heavy (non-hydrogen) atoms. The van der Waals surface area contributed by atoms with Gasteiger partial charge in [-0.1, -0.05) is 5.92 Å². The van der Waals surface area contributed by atoms with Gasteiger partial charge in [-0.15, -0.1) is 6.42 Å². The predicted octanol–water partition coefficient (Wildman–Crippen LogP) is 1.83. The number of carbonyl (C=O) groups excluding carboxylic acids is 1. The van der Waals surface area contributed by atoms with Crippen molar-refractivity contribution in [2.45, 2.75) is 25.4 Å². The number of rotatable bonds is 7. The van der Waals surface area contributed by atoms with Gasteiger partial charge in [0, 0.05) is 6.54 Å². The molecule has 0 unspecified atom stereocenters. The third-order valence-electron chi connectivity index (χ3n) is 2.54. The topological polar surface area (TPSA) is 29.5 Å². The molecule has 0 heterocycles. The van der Waals surface area contributed by atoms with Crippen LogP contribution in [0, 0.1) is 18.3 Å². The van der Waals surface area contributed by atoms with Crippen LogP contribution in [0.2, 0.25) is 0 Å². The summed E-state index contributed by atoms with van der Waals surface area (Å²) in [7, 11) is 0. The molecule has 0 radical (unpaired) electrons. The van der Waals surface area contributed by atoms with Crippen molar-refractivity contribution in [2.75, 3.05) is 26.3 Å². The fourth-order valence-electron chi connectivity index (χ4n) is 1.48. The van der Waals surface area contributed by atoms with E-state index in [1.807, 2.05) is 0 Å². The standard InChI is InChI=1S/C12H16F3NO2/c1-2-6-16(8-10-3-4-10)11(17)5-7-18-9-12(13,14)15/h1,10H,3-9H2. The normalized spacial score (nSPS) is 15.2. The average molecular weight is 263 g/mol. The van der Waals surface area contributed by atoms with Gasteiger partial charge in [-0.25, -0.2) is 0 Å².